The van der Waals surface area contributed by atoms with E-state index >= 15 is 0 Å². The topological polar surface area (TPSA) is 49.3 Å². The molecule has 0 saturated heterocycles. The van der Waals surface area contributed by atoms with Crippen LogP contribution in [0.5, 0.6) is 0 Å². The van der Waals surface area contributed by atoms with Crippen LogP contribution in [0.4, 0.5) is 0 Å². The van der Waals surface area contributed by atoms with Gasteiger partial charge in [0.2, 0.25) is 5.91 Å². The minimum Gasteiger partial charge on any atom is -0.396 e. The van der Waals surface area contributed by atoms with Gasteiger partial charge in [0.05, 0.1) is 0 Å². The number of hydrogen-bond acceptors (Lipinski definition) is 2. The third-order valence-electron chi connectivity index (χ3n) is 3.23. The van der Waals surface area contributed by atoms with Crippen LogP contribution in [0.15, 0.2) is 18.2 Å². The second-order valence-corrected chi connectivity index (χ2v) is 6.01. The summed E-state index contributed by atoms with van der Waals surface area (Å²) >= 11 is 11.9. The van der Waals surface area contributed by atoms with E-state index in [1.165, 1.54) is 0 Å². The Morgan fingerprint density at radius 1 is 1.35 bits per heavy atom. The number of aliphatic hydroxyl groups is 1. The highest BCUT2D eigenvalue weighted by Gasteiger charge is 2.15. The van der Waals surface area contributed by atoms with Crippen LogP contribution in [0, 0.1) is 5.92 Å². The second kappa shape index (κ2) is 8.50. The second-order valence-electron chi connectivity index (χ2n) is 5.17. The van der Waals surface area contributed by atoms with Gasteiger partial charge in [0.25, 0.3) is 0 Å². The zero-order valence-electron chi connectivity index (χ0n) is 11.8. The quantitative estimate of drug-likeness (QED) is 0.809. The van der Waals surface area contributed by atoms with Crippen LogP contribution in [-0.2, 0) is 11.2 Å². The van der Waals surface area contributed by atoms with Crippen LogP contribution in [0.3, 0.4) is 0 Å². The number of halogens is 2. The van der Waals surface area contributed by atoms with Crippen LogP contribution in [0.1, 0.15) is 32.3 Å². The first-order valence-electron chi connectivity index (χ1n) is 6.78. The van der Waals surface area contributed by atoms with Crippen LogP contribution in [0.2, 0.25) is 10.0 Å². The number of aryl methyl sites for hydroxylation is 1. The molecule has 5 heteroatoms. The zero-order valence-corrected chi connectivity index (χ0v) is 13.3. The van der Waals surface area contributed by atoms with Crippen molar-refractivity contribution >= 4 is 29.1 Å². The largest absolute Gasteiger partial charge is 0.396 e. The van der Waals surface area contributed by atoms with E-state index in [2.05, 4.69) is 5.32 Å². The molecule has 0 aliphatic heterocycles. The number of nitrogens with one attached hydrogen (secondary N) is 1. The maximum atomic E-state index is 11.9. The molecule has 1 amide bonds. The van der Waals surface area contributed by atoms with Crippen molar-refractivity contribution in [1.82, 2.24) is 5.32 Å². The smallest absolute Gasteiger partial charge is 0.220 e. The van der Waals surface area contributed by atoms with E-state index in [1.807, 2.05) is 19.9 Å². The van der Waals surface area contributed by atoms with E-state index in [0.717, 1.165) is 5.56 Å². The summed E-state index contributed by atoms with van der Waals surface area (Å²) in [6, 6.07) is 5.29. The number of carbonyl (C=O) groups excluding carboxylic acids is 1. The lowest BCUT2D eigenvalue weighted by molar-refractivity contribution is -0.122. The van der Waals surface area contributed by atoms with E-state index in [-0.39, 0.29) is 18.6 Å². The predicted molar refractivity (Wildman–Crippen MR) is 83.3 cm³/mol. The average Bonchev–Trinajstić information content (AvgIpc) is 2.37. The van der Waals surface area contributed by atoms with Crippen molar-refractivity contribution < 1.29 is 9.90 Å². The van der Waals surface area contributed by atoms with Crippen LogP contribution in [-0.4, -0.2) is 23.7 Å². The average molecular weight is 318 g/mol. The van der Waals surface area contributed by atoms with Gasteiger partial charge in [-0.15, -0.1) is 0 Å². The summed E-state index contributed by atoms with van der Waals surface area (Å²) in [6.45, 7) is 4.12. The van der Waals surface area contributed by atoms with Crippen molar-refractivity contribution in [3.05, 3.63) is 33.8 Å². The third kappa shape index (κ3) is 5.70. The Bertz CT molecular complexity index is 449. The Morgan fingerprint density at radius 2 is 2.05 bits per heavy atom. The van der Waals surface area contributed by atoms with Crippen molar-refractivity contribution in [2.45, 2.75) is 39.2 Å². The van der Waals surface area contributed by atoms with E-state index in [0.29, 0.717) is 35.2 Å². The molecule has 0 heterocycles. The monoisotopic (exact) mass is 317 g/mol. The molecule has 0 aromatic heterocycles. The van der Waals surface area contributed by atoms with Crippen molar-refractivity contribution in [3.63, 3.8) is 0 Å². The fourth-order valence-corrected chi connectivity index (χ4v) is 2.47. The van der Waals surface area contributed by atoms with Crippen molar-refractivity contribution in [1.29, 1.82) is 0 Å². The van der Waals surface area contributed by atoms with Crippen molar-refractivity contribution in [2.75, 3.05) is 6.61 Å². The summed E-state index contributed by atoms with van der Waals surface area (Å²) < 4.78 is 0. The Kier molecular flexibility index (Phi) is 7.35. The van der Waals surface area contributed by atoms with Gasteiger partial charge in [-0.3, -0.25) is 4.79 Å². The van der Waals surface area contributed by atoms with Crippen LogP contribution in [0.25, 0.3) is 0 Å². The molecule has 0 aliphatic rings. The normalized spacial score (nSPS) is 12.5. The lowest BCUT2D eigenvalue weighted by Crippen LogP contribution is -2.39. The summed E-state index contributed by atoms with van der Waals surface area (Å²) in [6.07, 6.45) is 1.52. The van der Waals surface area contributed by atoms with E-state index in [9.17, 15) is 4.79 Å². The van der Waals surface area contributed by atoms with Gasteiger partial charge in [-0.05, 0) is 36.5 Å². The molecule has 1 atom stereocenters. The summed E-state index contributed by atoms with van der Waals surface area (Å²) in [5.41, 5.74) is 0.912. The van der Waals surface area contributed by atoms with Gasteiger partial charge in [-0.2, -0.15) is 0 Å². The molecule has 0 radical (unpaired) electrons. The van der Waals surface area contributed by atoms with Gasteiger partial charge in [0.1, 0.15) is 0 Å². The van der Waals surface area contributed by atoms with Gasteiger partial charge in [-0.1, -0.05) is 43.1 Å². The molecule has 0 saturated carbocycles. The lowest BCUT2D eigenvalue weighted by atomic mass is 10.0. The Balaban J connectivity index is 2.50. The summed E-state index contributed by atoms with van der Waals surface area (Å²) in [5, 5.41) is 13.1. The molecule has 0 fully saturated rings. The van der Waals surface area contributed by atoms with Gasteiger partial charge in [-0.25, -0.2) is 0 Å². The molecular formula is C15H21Cl2NO2. The van der Waals surface area contributed by atoms with Gasteiger partial charge in [0, 0.05) is 29.1 Å². The molecule has 3 nitrogen and oxygen atoms in total. The van der Waals surface area contributed by atoms with Gasteiger partial charge < -0.3 is 10.4 Å². The molecule has 2 N–H and O–H groups in total. The predicted octanol–water partition coefficient (Wildman–Crippen LogP) is 3.45. The van der Waals surface area contributed by atoms with E-state index in [4.69, 9.17) is 28.3 Å². The molecule has 112 valence electrons. The minimum absolute atomic E-state index is 0.00758. The molecule has 1 aromatic carbocycles. The lowest BCUT2D eigenvalue weighted by Gasteiger charge is -2.21. The molecule has 1 rings (SSSR count). The Morgan fingerprint density at radius 3 is 2.60 bits per heavy atom. The first-order chi connectivity index (χ1) is 9.43. The molecular weight excluding hydrogens is 297 g/mol. The Hall–Kier alpha value is -0.770. The standard InChI is InChI=1S/C15H21Cl2NO2/c1-10(2)14(7-8-19)18-15(20)6-4-11-3-5-12(16)9-13(11)17/h3,5,9-10,14,19H,4,6-8H2,1-2H3,(H,18,20). The fraction of sp³-hybridized carbons (Fsp3) is 0.533. The summed E-state index contributed by atoms with van der Waals surface area (Å²) in [5.74, 6) is 0.272. The van der Waals surface area contributed by atoms with E-state index < -0.39 is 0 Å². The van der Waals surface area contributed by atoms with Gasteiger partial charge >= 0.3 is 0 Å². The SMILES string of the molecule is CC(C)C(CCO)NC(=O)CCc1ccc(Cl)cc1Cl. The molecule has 0 aliphatic carbocycles. The summed E-state index contributed by atoms with van der Waals surface area (Å²) in [7, 11) is 0. The number of aliphatic hydroxyl groups excluding tert-OH is 1. The van der Waals surface area contributed by atoms with Gasteiger partial charge in [0.15, 0.2) is 0 Å². The third-order valence-corrected chi connectivity index (χ3v) is 3.81. The molecule has 1 aromatic rings. The highest BCUT2D eigenvalue weighted by molar-refractivity contribution is 6.35. The van der Waals surface area contributed by atoms with E-state index in [1.54, 1.807) is 12.1 Å². The first kappa shape index (κ1) is 17.3. The highest BCUT2D eigenvalue weighted by Crippen LogP contribution is 2.22. The minimum atomic E-state index is -0.0248. The van der Waals surface area contributed by atoms with Crippen LogP contribution < -0.4 is 5.32 Å². The Labute approximate surface area is 130 Å². The zero-order chi connectivity index (χ0) is 15.1. The fourth-order valence-electron chi connectivity index (χ4n) is 1.96. The summed E-state index contributed by atoms with van der Waals surface area (Å²) in [4.78, 5) is 11.9. The molecule has 1 unspecified atom stereocenters. The molecule has 20 heavy (non-hydrogen) atoms. The number of benzene rings is 1. The maximum absolute atomic E-state index is 11.9. The molecule has 0 bridgehead atoms. The number of rotatable bonds is 7. The highest BCUT2D eigenvalue weighted by atomic mass is 35.5. The van der Waals surface area contributed by atoms with Crippen LogP contribution >= 0.6 is 23.2 Å². The number of carbonyl (C=O) groups is 1. The first-order valence-corrected chi connectivity index (χ1v) is 7.53. The van der Waals surface area contributed by atoms with Crippen molar-refractivity contribution in [3.8, 4) is 0 Å². The van der Waals surface area contributed by atoms with Crippen molar-refractivity contribution in [2.24, 2.45) is 5.92 Å². The molecule has 0 spiro atoms. The maximum Gasteiger partial charge on any atom is 0.220 e. The number of hydrogen-bond donors (Lipinski definition) is 2. The number of amides is 1.